The van der Waals surface area contributed by atoms with Crippen molar-refractivity contribution in [2.45, 2.75) is 0 Å². The predicted molar refractivity (Wildman–Crippen MR) is 5.40 cm³/mol. The molecule has 1 radical (unpaired) electrons. The summed E-state index contributed by atoms with van der Waals surface area (Å²) in [5, 5.41) is 16.7. The molecule has 0 aliphatic rings. The average Bonchev–Trinajstić information content (AvgIpc) is 0.811. The molecule has 0 saturated carbocycles. The molecule has 0 atom stereocenters. The minimum Gasteiger partial charge on any atom is -0.652 e. The molecule has 3 nitrogen and oxygen atoms in total. The summed E-state index contributed by atoms with van der Waals surface area (Å²) in [7, 11) is 0. The molecule has 6 heavy (non-hydrogen) atoms. The Morgan fingerprint density at radius 2 is 1.33 bits per heavy atom. The van der Waals surface area contributed by atoms with Crippen molar-refractivity contribution in [3.05, 3.63) is 0 Å². The minimum absolute atomic E-state index is 0. The van der Waals surface area contributed by atoms with Gasteiger partial charge < -0.3 is 15.0 Å². The first-order chi connectivity index (χ1) is 1.73. The first kappa shape index (κ1) is 15.9. The molecule has 0 amide bonds. The Morgan fingerprint density at radius 3 is 1.33 bits per heavy atom. The normalized spacial score (nSPS) is 4.00. The zero-order valence-corrected chi connectivity index (χ0v) is 5.93. The number of carbonyl (C=O) groups is 1. The van der Waals surface area contributed by atoms with Crippen molar-refractivity contribution >= 4 is 6.16 Å². The van der Waals surface area contributed by atoms with E-state index in [1.54, 1.807) is 0 Å². The zero-order valence-electron chi connectivity index (χ0n) is 2.53. The fraction of sp³-hybridized carbons (Fsp3) is 0. The summed E-state index contributed by atoms with van der Waals surface area (Å²) in [6.45, 7) is 0. The smallest absolute Gasteiger partial charge is 0.652 e. The average molecular weight is 215 g/mol. The van der Waals surface area contributed by atoms with Gasteiger partial charge in [-0.1, -0.05) is 0 Å². The van der Waals surface area contributed by atoms with Gasteiger partial charge in [-0.05, 0) is 6.16 Å². The molecule has 5 heteroatoms. The van der Waals surface area contributed by atoms with Crippen LogP contribution in [0.1, 0.15) is 0 Å². The third kappa shape index (κ3) is 139. The standard InChI is InChI=1S/CH2O3.Cu.Zr/c2-1(3)4;;/h(H2,2,3,4);;/q;+2;/p-2. The molecule has 0 aliphatic carbocycles. The van der Waals surface area contributed by atoms with Gasteiger partial charge >= 0.3 is 17.1 Å². The van der Waals surface area contributed by atoms with Gasteiger partial charge in [0.25, 0.3) is 0 Å². The monoisotopic (exact) mass is 213 g/mol. The second-order valence-electron chi connectivity index (χ2n) is 0.250. The molecule has 0 fully saturated rings. The van der Waals surface area contributed by atoms with Crippen LogP contribution in [0.5, 0.6) is 0 Å². The van der Waals surface area contributed by atoms with Crippen LogP contribution >= 0.6 is 0 Å². The number of hydrogen-bond acceptors (Lipinski definition) is 3. The molecule has 0 unspecified atom stereocenters. The van der Waals surface area contributed by atoms with Gasteiger partial charge in [0, 0.05) is 26.2 Å². The maximum Gasteiger partial charge on any atom is 2.00 e. The molecular formula is CCuO3Zr. The topological polar surface area (TPSA) is 63.2 Å². The maximum atomic E-state index is 8.33. The first-order valence-corrected chi connectivity index (χ1v) is 0.612. The Morgan fingerprint density at radius 1 is 1.33 bits per heavy atom. The van der Waals surface area contributed by atoms with Gasteiger partial charge in [-0.15, -0.1) is 0 Å². The second kappa shape index (κ2) is 9.18. The van der Waals surface area contributed by atoms with Crippen LogP contribution in [0, 0.1) is 0 Å². The summed E-state index contributed by atoms with van der Waals surface area (Å²) < 4.78 is 0. The van der Waals surface area contributed by atoms with Crippen LogP contribution in [0.2, 0.25) is 0 Å². The summed E-state index contributed by atoms with van der Waals surface area (Å²) in [5.74, 6) is 0. The third-order valence-corrected chi connectivity index (χ3v) is 0. The van der Waals surface area contributed by atoms with Crippen molar-refractivity contribution in [1.82, 2.24) is 0 Å². The fourth-order valence-corrected chi connectivity index (χ4v) is 0. The van der Waals surface area contributed by atoms with E-state index in [-0.39, 0.29) is 43.3 Å². The predicted octanol–water partition coefficient (Wildman–Crippen LogP) is -2.45. The first-order valence-electron chi connectivity index (χ1n) is 0.612. The van der Waals surface area contributed by atoms with E-state index >= 15 is 0 Å². The summed E-state index contributed by atoms with van der Waals surface area (Å²) in [6, 6.07) is 0. The van der Waals surface area contributed by atoms with Crippen LogP contribution in [0.3, 0.4) is 0 Å². The van der Waals surface area contributed by atoms with Gasteiger partial charge in [0.15, 0.2) is 0 Å². The Bertz CT molecular complexity index is 33.8. The van der Waals surface area contributed by atoms with Gasteiger partial charge in [0.05, 0.1) is 0 Å². The second-order valence-corrected chi connectivity index (χ2v) is 0.250. The third-order valence-electron chi connectivity index (χ3n) is 0. The van der Waals surface area contributed by atoms with Gasteiger partial charge in [-0.25, -0.2) is 0 Å². The van der Waals surface area contributed by atoms with E-state index in [0.29, 0.717) is 0 Å². The Labute approximate surface area is 64.3 Å². The number of carboxylic acid groups (broad SMARTS) is 2. The molecule has 0 heterocycles. The van der Waals surface area contributed by atoms with Gasteiger partial charge in [0.1, 0.15) is 0 Å². The van der Waals surface area contributed by atoms with E-state index in [4.69, 9.17) is 15.0 Å². The number of rotatable bonds is 0. The Kier molecular flexibility index (Phi) is 24.4. The SMILES string of the molecule is O=C([O-])[O-].[Cu+2].[Zr]. The molecule has 0 aromatic carbocycles. The van der Waals surface area contributed by atoms with Crippen molar-refractivity contribution in [3.63, 3.8) is 0 Å². The maximum absolute atomic E-state index is 8.33. The molecular weight excluding hydrogens is 215 g/mol. The zero-order chi connectivity index (χ0) is 3.58. The van der Waals surface area contributed by atoms with Gasteiger partial charge in [-0.2, -0.15) is 0 Å². The molecule has 0 aromatic heterocycles. The molecule has 0 aliphatic heterocycles. The van der Waals surface area contributed by atoms with E-state index in [0.717, 1.165) is 0 Å². The van der Waals surface area contributed by atoms with Crippen LogP contribution < -0.4 is 10.2 Å². The fourth-order valence-electron chi connectivity index (χ4n) is 0. The summed E-state index contributed by atoms with van der Waals surface area (Å²) in [4.78, 5) is 8.33. The van der Waals surface area contributed by atoms with Crippen molar-refractivity contribution in [2.75, 3.05) is 0 Å². The van der Waals surface area contributed by atoms with Crippen molar-refractivity contribution in [3.8, 4) is 0 Å². The van der Waals surface area contributed by atoms with E-state index < -0.39 is 6.16 Å². The van der Waals surface area contributed by atoms with Crippen LogP contribution in [-0.2, 0) is 43.3 Å². The molecule has 0 bridgehead atoms. The molecule has 0 saturated heterocycles. The van der Waals surface area contributed by atoms with E-state index in [2.05, 4.69) is 0 Å². The quantitative estimate of drug-likeness (QED) is 0.421. The van der Waals surface area contributed by atoms with Crippen molar-refractivity contribution in [1.29, 1.82) is 0 Å². The van der Waals surface area contributed by atoms with E-state index in [1.165, 1.54) is 0 Å². The molecule has 0 rings (SSSR count). The summed E-state index contributed by atoms with van der Waals surface area (Å²) in [5.41, 5.74) is 0. The Hall–Kier alpha value is 0.673. The van der Waals surface area contributed by atoms with Gasteiger partial charge in [0.2, 0.25) is 0 Å². The van der Waals surface area contributed by atoms with Crippen molar-refractivity contribution in [2.24, 2.45) is 0 Å². The summed E-state index contributed by atoms with van der Waals surface area (Å²) >= 11 is 0. The number of hydrogen-bond donors (Lipinski definition) is 0. The van der Waals surface area contributed by atoms with Crippen molar-refractivity contribution < 1.29 is 58.3 Å². The molecule has 0 spiro atoms. The van der Waals surface area contributed by atoms with Gasteiger partial charge in [-0.3, -0.25) is 0 Å². The number of carbonyl (C=O) groups excluding carboxylic acids is 1. The van der Waals surface area contributed by atoms with E-state index in [1.807, 2.05) is 0 Å². The molecule has 0 N–H and O–H groups in total. The van der Waals surface area contributed by atoms with E-state index in [9.17, 15) is 0 Å². The van der Waals surface area contributed by atoms with Crippen LogP contribution in [-0.4, -0.2) is 6.16 Å². The Balaban J connectivity index is -0.0000000450. The summed E-state index contributed by atoms with van der Waals surface area (Å²) in [6.07, 6.45) is -2.33. The van der Waals surface area contributed by atoms with Crippen LogP contribution in [0.15, 0.2) is 0 Å². The molecule has 0 aromatic rings. The largest absolute Gasteiger partial charge is 2.00 e. The minimum atomic E-state index is -2.33. The molecule has 37 valence electrons. The van der Waals surface area contributed by atoms with Crippen LogP contribution in [0.4, 0.5) is 4.79 Å². The van der Waals surface area contributed by atoms with Crippen LogP contribution in [0.25, 0.3) is 0 Å².